The lowest BCUT2D eigenvalue weighted by Gasteiger charge is -2.10. The number of hydrogen-bond donors (Lipinski definition) is 3. The average molecular weight is 228 g/mol. The molecular weight excluding hydrogens is 214 g/mol. The molecule has 4 N–H and O–H groups in total. The summed E-state index contributed by atoms with van der Waals surface area (Å²) >= 11 is 6.01. The molecule has 82 valence electrons. The molecule has 5 heteroatoms. The molecule has 1 rings (SSSR count). The molecule has 1 aromatic carbocycles. The van der Waals surface area contributed by atoms with Crippen LogP contribution >= 0.6 is 11.6 Å². The van der Waals surface area contributed by atoms with E-state index in [2.05, 4.69) is 10.5 Å². The van der Waals surface area contributed by atoms with Crippen LogP contribution in [0, 0.1) is 6.92 Å². The summed E-state index contributed by atoms with van der Waals surface area (Å²) in [7, 11) is 0. The number of amidine groups is 1. The number of halogens is 1. The van der Waals surface area contributed by atoms with Crippen LogP contribution in [-0.4, -0.2) is 17.6 Å². The van der Waals surface area contributed by atoms with E-state index in [0.29, 0.717) is 18.0 Å². The van der Waals surface area contributed by atoms with Crippen LogP contribution in [0.3, 0.4) is 0 Å². The van der Waals surface area contributed by atoms with E-state index in [0.717, 1.165) is 11.3 Å². The zero-order valence-corrected chi connectivity index (χ0v) is 9.25. The normalized spacial score (nSPS) is 11.5. The van der Waals surface area contributed by atoms with Crippen LogP contribution in [0.1, 0.15) is 12.0 Å². The third-order valence-electron chi connectivity index (χ3n) is 2.03. The number of rotatable bonds is 4. The Morgan fingerprint density at radius 1 is 1.60 bits per heavy atom. The fraction of sp³-hybridized carbons (Fsp3) is 0.300. The van der Waals surface area contributed by atoms with Crippen molar-refractivity contribution in [2.24, 2.45) is 10.9 Å². The minimum atomic E-state index is 0.201. The largest absolute Gasteiger partial charge is 0.409 e. The predicted molar refractivity (Wildman–Crippen MR) is 62.7 cm³/mol. The van der Waals surface area contributed by atoms with Crippen molar-refractivity contribution < 1.29 is 5.21 Å². The Hall–Kier alpha value is -1.42. The molecule has 0 spiro atoms. The highest BCUT2D eigenvalue weighted by atomic mass is 35.5. The standard InChI is InChI=1S/C10H14ClN3O/c1-7-3-2-4-8(11)10(7)13-6-5-9(12)14-15/h2-4,13,15H,5-6H2,1H3,(H2,12,14). The third-order valence-corrected chi connectivity index (χ3v) is 2.35. The zero-order valence-electron chi connectivity index (χ0n) is 8.50. The van der Waals surface area contributed by atoms with Crippen LogP contribution in [-0.2, 0) is 0 Å². The van der Waals surface area contributed by atoms with Crippen molar-refractivity contribution in [2.75, 3.05) is 11.9 Å². The van der Waals surface area contributed by atoms with Crippen LogP contribution < -0.4 is 11.1 Å². The fourth-order valence-corrected chi connectivity index (χ4v) is 1.51. The number of nitrogens with zero attached hydrogens (tertiary/aromatic N) is 1. The highest BCUT2D eigenvalue weighted by molar-refractivity contribution is 6.33. The maximum Gasteiger partial charge on any atom is 0.140 e. The highest BCUT2D eigenvalue weighted by Gasteiger charge is 2.02. The first-order valence-electron chi connectivity index (χ1n) is 4.60. The SMILES string of the molecule is Cc1cccc(Cl)c1NCCC(N)=NO. The summed E-state index contributed by atoms with van der Waals surface area (Å²) in [5.41, 5.74) is 7.30. The van der Waals surface area contributed by atoms with E-state index in [4.69, 9.17) is 22.5 Å². The summed E-state index contributed by atoms with van der Waals surface area (Å²) in [6.07, 6.45) is 0.473. The number of nitrogens with two attached hydrogens (primary N) is 1. The smallest absolute Gasteiger partial charge is 0.140 e. The number of para-hydroxylation sites is 1. The number of benzene rings is 1. The van der Waals surface area contributed by atoms with Crippen molar-refractivity contribution in [1.82, 2.24) is 0 Å². The van der Waals surface area contributed by atoms with Gasteiger partial charge in [0.05, 0.1) is 10.7 Å². The summed E-state index contributed by atoms with van der Waals surface area (Å²) in [6, 6.07) is 5.68. The van der Waals surface area contributed by atoms with Crippen LogP contribution in [0.15, 0.2) is 23.4 Å². The average Bonchev–Trinajstić information content (AvgIpc) is 2.22. The molecule has 0 aromatic heterocycles. The summed E-state index contributed by atoms with van der Waals surface area (Å²) < 4.78 is 0. The Balaban J connectivity index is 2.58. The molecule has 1 aromatic rings. The van der Waals surface area contributed by atoms with Gasteiger partial charge in [-0.1, -0.05) is 28.9 Å². The Labute approximate surface area is 93.7 Å². The van der Waals surface area contributed by atoms with E-state index in [1.54, 1.807) is 0 Å². The molecule has 0 saturated heterocycles. The van der Waals surface area contributed by atoms with E-state index < -0.39 is 0 Å². The van der Waals surface area contributed by atoms with E-state index in [1.165, 1.54) is 0 Å². The van der Waals surface area contributed by atoms with E-state index >= 15 is 0 Å². The van der Waals surface area contributed by atoms with Gasteiger partial charge in [0.15, 0.2) is 0 Å². The van der Waals surface area contributed by atoms with Crippen molar-refractivity contribution in [1.29, 1.82) is 0 Å². The third kappa shape index (κ3) is 3.32. The Morgan fingerprint density at radius 3 is 2.93 bits per heavy atom. The molecule has 15 heavy (non-hydrogen) atoms. The molecule has 0 aliphatic rings. The summed E-state index contributed by atoms with van der Waals surface area (Å²) in [6.45, 7) is 2.55. The predicted octanol–water partition coefficient (Wildman–Crippen LogP) is 2.20. The maximum atomic E-state index is 8.35. The molecule has 0 radical (unpaired) electrons. The van der Waals surface area contributed by atoms with Crippen molar-refractivity contribution in [3.63, 3.8) is 0 Å². The zero-order chi connectivity index (χ0) is 11.3. The molecule has 0 fully saturated rings. The van der Waals surface area contributed by atoms with Crippen molar-refractivity contribution >= 4 is 23.1 Å². The first-order chi connectivity index (χ1) is 7.15. The van der Waals surface area contributed by atoms with Gasteiger partial charge in [0.25, 0.3) is 0 Å². The first kappa shape index (κ1) is 11.7. The second-order valence-corrected chi connectivity index (χ2v) is 3.61. The molecule has 0 heterocycles. The van der Waals surface area contributed by atoms with E-state index in [1.807, 2.05) is 25.1 Å². The number of anilines is 1. The minimum Gasteiger partial charge on any atom is -0.409 e. The lowest BCUT2D eigenvalue weighted by molar-refractivity contribution is 0.317. The van der Waals surface area contributed by atoms with Crippen molar-refractivity contribution in [2.45, 2.75) is 13.3 Å². The van der Waals surface area contributed by atoms with Gasteiger partial charge in [0, 0.05) is 13.0 Å². The van der Waals surface area contributed by atoms with Gasteiger partial charge in [-0.15, -0.1) is 0 Å². The quantitative estimate of drug-likeness (QED) is 0.320. The number of aryl methyl sites for hydroxylation is 1. The van der Waals surface area contributed by atoms with Gasteiger partial charge in [-0.05, 0) is 18.6 Å². The lowest BCUT2D eigenvalue weighted by Crippen LogP contribution is -2.17. The van der Waals surface area contributed by atoms with Crippen LogP contribution in [0.4, 0.5) is 5.69 Å². The summed E-state index contributed by atoms with van der Waals surface area (Å²) in [5, 5.41) is 15.1. The monoisotopic (exact) mass is 227 g/mol. The van der Waals surface area contributed by atoms with Gasteiger partial charge in [-0.2, -0.15) is 0 Å². The Kier molecular flexibility index (Phi) is 4.24. The molecule has 0 bridgehead atoms. The van der Waals surface area contributed by atoms with Gasteiger partial charge in [-0.3, -0.25) is 0 Å². The van der Waals surface area contributed by atoms with Gasteiger partial charge in [0.1, 0.15) is 5.84 Å². The molecule has 0 aliphatic heterocycles. The number of hydrogen-bond acceptors (Lipinski definition) is 3. The molecule has 4 nitrogen and oxygen atoms in total. The molecule has 0 aliphatic carbocycles. The van der Waals surface area contributed by atoms with Gasteiger partial charge >= 0.3 is 0 Å². The maximum absolute atomic E-state index is 8.35. The topological polar surface area (TPSA) is 70.6 Å². The highest BCUT2D eigenvalue weighted by Crippen LogP contribution is 2.24. The summed E-state index contributed by atoms with van der Waals surface area (Å²) in [5.74, 6) is 0.201. The number of oxime groups is 1. The Bertz CT molecular complexity index is 345. The minimum absolute atomic E-state index is 0.201. The van der Waals surface area contributed by atoms with Gasteiger partial charge in [0.2, 0.25) is 0 Å². The Morgan fingerprint density at radius 2 is 2.33 bits per heavy atom. The first-order valence-corrected chi connectivity index (χ1v) is 4.98. The number of nitrogens with one attached hydrogen (secondary N) is 1. The van der Waals surface area contributed by atoms with E-state index in [-0.39, 0.29) is 5.84 Å². The van der Waals surface area contributed by atoms with Gasteiger partial charge < -0.3 is 16.3 Å². The second kappa shape index (κ2) is 5.46. The van der Waals surface area contributed by atoms with E-state index in [9.17, 15) is 0 Å². The van der Waals surface area contributed by atoms with Crippen molar-refractivity contribution in [3.05, 3.63) is 28.8 Å². The van der Waals surface area contributed by atoms with Gasteiger partial charge in [-0.25, -0.2) is 0 Å². The molecule has 0 amide bonds. The van der Waals surface area contributed by atoms with Crippen molar-refractivity contribution in [3.8, 4) is 0 Å². The lowest BCUT2D eigenvalue weighted by atomic mass is 10.2. The summed E-state index contributed by atoms with van der Waals surface area (Å²) in [4.78, 5) is 0. The molecule has 0 unspecified atom stereocenters. The molecular formula is C10H14ClN3O. The van der Waals surface area contributed by atoms with Crippen LogP contribution in [0.2, 0.25) is 5.02 Å². The fourth-order valence-electron chi connectivity index (χ4n) is 1.22. The van der Waals surface area contributed by atoms with Crippen LogP contribution in [0.25, 0.3) is 0 Å². The second-order valence-electron chi connectivity index (χ2n) is 3.20. The van der Waals surface area contributed by atoms with Crippen LogP contribution in [0.5, 0.6) is 0 Å². The molecule has 0 atom stereocenters. The molecule has 0 saturated carbocycles.